The fourth-order valence-electron chi connectivity index (χ4n) is 2.93. The highest BCUT2D eigenvalue weighted by Crippen LogP contribution is 2.18. The van der Waals surface area contributed by atoms with E-state index in [9.17, 15) is 14.4 Å². The van der Waals surface area contributed by atoms with Crippen molar-refractivity contribution in [2.75, 3.05) is 23.9 Å². The third kappa shape index (κ3) is 4.72. The van der Waals surface area contributed by atoms with Crippen LogP contribution in [0.3, 0.4) is 0 Å². The Bertz CT molecular complexity index is 1180. The molecule has 8 heteroatoms. The molecule has 0 aliphatic heterocycles. The van der Waals surface area contributed by atoms with Gasteiger partial charge in [0.05, 0.1) is 6.54 Å². The van der Waals surface area contributed by atoms with Gasteiger partial charge >= 0.3 is 5.69 Å². The number of rotatable bonds is 6. The number of amides is 1. The first-order valence-electron chi connectivity index (χ1n) is 9.17. The van der Waals surface area contributed by atoms with Gasteiger partial charge in [0.15, 0.2) is 5.69 Å². The van der Waals surface area contributed by atoms with E-state index in [1.165, 1.54) is 17.7 Å². The number of nitrogens with zero attached hydrogens (tertiary/aromatic N) is 2. The van der Waals surface area contributed by atoms with Crippen LogP contribution in [-0.2, 0) is 11.3 Å². The summed E-state index contributed by atoms with van der Waals surface area (Å²) in [5.41, 5.74) is 6.41. The van der Waals surface area contributed by atoms with Crippen LogP contribution < -0.4 is 21.9 Å². The minimum atomic E-state index is -0.713. The van der Waals surface area contributed by atoms with Crippen LogP contribution in [0, 0.1) is 0 Å². The van der Waals surface area contributed by atoms with E-state index in [1.807, 2.05) is 60.9 Å². The number of thioether (sulfide) groups is 1. The van der Waals surface area contributed by atoms with Gasteiger partial charge in [-0.05, 0) is 35.6 Å². The Hall–Kier alpha value is -3.52. The van der Waals surface area contributed by atoms with Crippen molar-refractivity contribution in [3.05, 3.63) is 92.6 Å². The van der Waals surface area contributed by atoms with Gasteiger partial charge in [-0.25, -0.2) is 4.79 Å². The van der Waals surface area contributed by atoms with Gasteiger partial charge in [0.2, 0.25) is 0 Å². The Kier molecular flexibility index (Phi) is 6.58. The fourth-order valence-corrected chi connectivity index (χ4v) is 3.34. The number of nitrogens with one attached hydrogen (secondary N) is 1. The number of hydrogen-bond donors (Lipinski definition) is 2. The van der Waals surface area contributed by atoms with Crippen LogP contribution in [0.25, 0.3) is 6.08 Å². The summed E-state index contributed by atoms with van der Waals surface area (Å²) in [4.78, 5) is 41.8. The largest absolute Gasteiger partial charge is 0.383 e. The molecule has 0 unspecified atom stereocenters. The van der Waals surface area contributed by atoms with E-state index in [0.29, 0.717) is 0 Å². The maximum atomic E-state index is 12.6. The second-order valence-electron chi connectivity index (χ2n) is 6.57. The van der Waals surface area contributed by atoms with Gasteiger partial charge < -0.3 is 10.6 Å². The highest BCUT2D eigenvalue weighted by Gasteiger charge is 2.19. The number of nitrogens with two attached hydrogens (primary N) is 1. The fraction of sp³-hybridized carbons (Fsp3) is 0.136. The molecule has 1 heterocycles. The van der Waals surface area contributed by atoms with Crippen molar-refractivity contribution in [2.24, 2.45) is 0 Å². The van der Waals surface area contributed by atoms with Crippen molar-refractivity contribution >= 4 is 35.3 Å². The number of nitrogen functional groups attached to an aromatic ring is 1. The van der Waals surface area contributed by atoms with E-state index in [-0.39, 0.29) is 18.1 Å². The van der Waals surface area contributed by atoms with Crippen molar-refractivity contribution in [3.63, 3.8) is 0 Å². The smallest absolute Gasteiger partial charge is 0.330 e. The molecule has 0 bridgehead atoms. The van der Waals surface area contributed by atoms with E-state index in [4.69, 9.17) is 5.73 Å². The molecule has 3 aromatic rings. The lowest BCUT2D eigenvalue weighted by Crippen LogP contribution is -2.39. The standard InChI is InChI=1S/C22H22N4O3S/c1-25(18(27)13-10-15-8-11-17(30-2)12-9-15)19-20(23)26(22(29)24-21(19)28)14-16-6-4-3-5-7-16/h3-13H,14,23H2,1-2H3,(H,24,28,29). The molecule has 1 amide bonds. The van der Waals surface area contributed by atoms with Crippen molar-refractivity contribution in [2.45, 2.75) is 11.4 Å². The average molecular weight is 423 g/mol. The molecule has 1 aromatic heterocycles. The summed E-state index contributed by atoms with van der Waals surface area (Å²) in [6, 6.07) is 17.0. The number of aromatic amines is 1. The van der Waals surface area contributed by atoms with Gasteiger partial charge in [-0.1, -0.05) is 42.5 Å². The monoisotopic (exact) mass is 422 g/mol. The Labute approximate surface area is 177 Å². The number of aromatic nitrogens is 2. The summed E-state index contributed by atoms with van der Waals surface area (Å²) in [5.74, 6) is -0.507. The first-order chi connectivity index (χ1) is 14.4. The zero-order valence-corrected chi connectivity index (χ0v) is 17.5. The molecule has 0 radical (unpaired) electrons. The maximum absolute atomic E-state index is 12.6. The Morgan fingerprint density at radius 2 is 1.80 bits per heavy atom. The molecule has 0 spiro atoms. The van der Waals surface area contributed by atoms with E-state index in [0.717, 1.165) is 20.9 Å². The van der Waals surface area contributed by atoms with Crippen molar-refractivity contribution in [1.29, 1.82) is 0 Å². The Morgan fingerprint density at radius 3 is 2.43 bits per heavy atom. The lowest BCUT2D eigenvalue weighted by atomic mass is 10.2. The van der Waals surface area contributed by atoms with Gasteiger partial charge in [-0.3, -0.25) is 19.1 Å². The normalized spacial score (nSPS) is 11.0. The van der Waals surface area contributed by atoms with Crippen LogP contribution in [0.2, 0.25) is 0 Å². The number of H-pyrrole nitrogens is 1. The lowest BCUT2D eigenvalue weighted by Gasteiger charge is -2.19. The van der Waals surface area contributed by atoms with Gasteiger partial charge in [0.25, 0.3) is 11.5 Å². The number of likely N-dealkylation sites (N-methyl/N-ethyl adjacent to an activating group) is 1. The van der Waals surface area contributed by atoms with Crippen LogP contribution >= 0.6 is 11.8 Å². The van der Waals surface area contributed by atoms with Crippen LogP contribution in [-0.4, -0.2) is 28.8 Å². The van der Waals surface area contributed by atoms with Gasteiger partial charge in [0.1, 0.15) is 5.82 Å². The van der Waals surface area contributed by atoms with Crippen molar-refractivity contribution in [1.82, 2.24) is 9.55 Å². The first-order valence-corrected chi connectivity index (χ1v) is 10.4. The molecule has 0 aliphatic carbocycles. The quantitative estimate of drug-likeness (QED) is 0.470. The van der Waals surface area contributed by atoms with Gasteiger partial charge in [-0.15, -0.1) is 11.8 Å². The number of hydrogen-bond acceptors (Lipinski definition) is 5. The summed E-state index contributed by atoms with van der Waals surface area (Å²) < 4.78 is 1.24. The second-order valence-corrected chi connectivity index (χ2v) is 7.45. The summed E-state index contributed by atoms with van der Waals surface area (Å²) in [6.07, 6.45) is 5.01. The van der Waals surface area contributed by atoms with E-state index >= 15 is 0 Å². The summed E-state index contributed by atoms with van der Waals surface area (Å²) in [7, 11) is 1.45. The molecular formula is C22H22N4O3S. The molecule has 7 nitrogen and oxygen atoms in total. The molecule has 3 N–H and O–H groups in total. The zero-order chi connectivity index (χ0) is 21.7. The molecule has 0 saturated carbocycles. The van der Waals surface area contributed by atoms with Crippen LogP contribution in [0.5, 0.6) is 0 Å². The molecule has 30 heavy (non-hydrogen) atoms. The molecule has 3 rings (SSSR count). The minimum Gasteiger partial charge on any atom is -0.383 e. The topological polar surface area (TPSA) is 101 Å². The van der Waals surface area contributed by atoms with Crippen molar-refractivity contribution in [3.8, 4) is 0 Å². The predicted molar refractivity (Wildman–Crippen MR) is 122 cm³/mol. The number of benzene rings is 2. The van der Waals surface area contributed by atoms with Crippen LogP contribution in [0.15, 0.2) is 75.2 Å². The van der Waals surface area contributed by atoms with Crippen LogP contribution in [0.1, 0.15) is 11.1 Å². The Morgan fingerprint density at radius 1 is 1.13 bits per heavy atom. The van der Waals surface area contributed by atoms with E-state index < -0.39 is 17.2 Å². The summed E-state index contributed by atoms with van der Waals surface area (Å²) in [6.45, 7) is 0.176. The molecule has 0 aliphatic rings. The second kappa shape index (κ2) is 9.32. The molecular weight excluding hydrogens is 400 g/mol. The third-order valence-electron chi connectivity index (χ3n) is 4.60. The Balaban J connectivity index is 1.88. The van der Waals surface area contributed by atoms with E-state index in [1.54, 1.807) is 17.8 Å². The van der Waals surface area contributed by atoms with Crippen molar-refractivity contribution < 1.29 is 4.79 Å². The highest BCUT2D eigenvalue weighted by atomic mass is 32.2. The average Bonchev–Trinajstić information content (AvgIpc) is 2.75. The minimum absolute atomic E-state index is 0.0684. The third-order valence-corrected chi connectivity index (χ3v) is 5.34. The number of carbonyl (C=O) groups is 1. The maximum Gasteiger partial charge on any atom is 0.330 e. The zero-order valence-electron chi connectivity index (χ0n) is 16.7. The SMILES string of the molecule is CSc1ccc(C=CC(=O)N(C)c2c(N)n(Cc3ccccc3)c(=O)[nH]c2=O)cc1. The number of carbonyl (C=O) groups excluding carboxylic acids is 1. The summed E-state index contributed by atoms with van der Waals surface area (Å²) >= 11 is 1.63. The van der Waals surface area contributed by atoms with Gasteiger partial charge in [0, 0.05) is 18.0 Å². The van der Waals surface area contributed by atoms with Gasteiger partial charge in [-0.2, -0.15) is 0 Å². The van der Waals surface area contributed by atoms with E-state index in [2.05, 4.69) is 4.98 Å². The highest BCUT2D eigenvalue weighted by molar-refractivity contribution is 7.98. The first kappa shape index (κ1) is 21.2. The molecule has 0 saturated heterocycles. The molecule has 0 atom stereocenters. The predicted octanol–water partition coefficient (Wildman–Crippen LogP) is 2.57. The molecule has 2 aromatic carbocycles. The van der Waals surface area contributed by atoms with Crippen LogP contribution in [0.4, 0.5) is 11.5 Å². The number of anilines is 2. The lowest BCUT2D eigenvalue weighted by molar-refractivity contribution is -0.113. The molecule has 0 fully saturated rings. The summed E-state index contributed by atoms with van der Waals surface area (Å²) in [5, 5.41) is 0. The molecule has 154 valence electrons.